The minimum atomic E-state index is -3.61. The summed E-state index contributed by atoms with van der Waals surface area (Å²) in [5.74, 6) is 0.807. The maximum atomic E-state index is 13.0. The highest BCUT2D eigenvalue weighted by atomic mass is 32.2. The van der Waals surface area contributed by atoms with Crippen LogP contribution in [0.5, 0.6) is 11.5 Å². The molecule has 0 radical (unpaired) electrons. The predicted molar refractivity (Wildman–Crippen MR) is 123 cm³/mol. The number of ether oxygens (including phenoxy) is 2. The number of hydrogen-bond donors (Lipinski definition) is 1. The third kappa shape index (κ3) is 5.81. The SMILES string of the molecule is CCOc1ccc(CNC(=O)[C@H]2CCCN(S(=O)(=O)c3ccc(C)cc3)C2)cc1OCC. The van der Waals surface area contributed by atoms with Crippen molar-refractivity contribution < 1.29 is 22.7 Å². The minimum absolute atomic E-state index is 0.138. The van der Waals surface area contributed by atoms with Gasteiger partial charge in [0, 0.05) is 19.6 Å². The van der Waals surface area contributed by atoms with Crippen LogP contribution in [0.1, 0.15) is 37.8 Å². The number of rotatable bonds is 9. The van der Waals surface area contributed by atoms with Crippen molar-refractivity contribution in [2.45, 2.75) is 45.1 Å². The van der Waals surface area contributed by atoms with Crippen molar-refractivity contribution in [3.05, 3.63) is 53.6 Å². The first-order valence-corrected chi connectivity index (χ1v) is 12.5. The van der Waals surface area contributed by atoms with Gasteiger partial charge in [-0.05, 0) is 63.4 Å². The highest BCUT2D eigenvalue weighted by molar-refractivity contribution is 7.89. The lowest BCUT2D eigenvalue weighted by Crippen LogP contribution is -2.45. The van der Waals surface area contributed by atoms with Crippen molar-refractivity contribution in [2.24, 2.45) is 5.92 Å². The van der Waals surface area contributed by atoms with E-state index in [0.29, 0.717) is 50.6 Å². The summed E-state index contributed by atoms with van der Waals surface area (Å²) >= 11 is 0. The molecule has 1 fully saturated rings. The Kier molecular flexibility index (Phi) is 8.15. The summed E-state index contributed by atoms with van der Waals surface area (Å²) in [6, 6.07) is 12.4. The standard InChI is InChI=1S/C24H32N2O5S/c1-4-30-22-13-10-19(15-23(22)31-5-2)16-25-24(27)20-7-6-14-26(17-20)32(28,29)21-11-8-18(3)9-12-21/h8-13,15,20H,4-7,14,16-17H2,1-3H3,(H,25,27)/t20-/m0/s1. The van der Waals surface area contributed by atoms with Gasteiger partial charge in [0.05, 0.1) is 24.0 Å². The molecule has 1 atom stereocenters. The molecule has 7 nitrogen and oxygen atoms in total. The van der Waals surface area contributed by atoms with E-state index in [9.17, 15) is 13.2 Å². The minimum Gasteiger partial charge on any atom is -0.490 e. The molecular weight excluding hydrogens is 428 g/mol. The molecule has 2 aromatic carbocycles. The van der Waals surface area contributed by atoms with E-state index in [1.807, 2.05) is 39.0 Å². The van der Waals surface area contributed by atoms with Gasteiger partial charge in [0.15, 0.2) is 11.5 Å². The van der Waals surface area contributed by atoms with Crippen LogP contribution >= 0.6 is 0 Å². The highest BCUT2D eigenvalue weighted by Crippen LogP contribution is 2.29. The quantitative estimate of drug-likeness (QED) is 0.619. The van der Waals surface area contributed by atoms with Gasteiger partial charge in [-0.2, -0.15) is 4.31 Å². The third-order valence-corrected chi connectivity index (χ3v) is 7.37. The molecule has 0 aromatic heterocycles. The Labute approximate surface area is 190 Å². The summed E-state index contributed by atoms with van der Waals surface area (Å²) in [6.45, 7) is 7.75. The van der Waals surface area contributed by atoms with Gasteiger partial charge in [-0.25, -0.2) is 8.42 Å². The number of nitrogens with zero attached hydrogens (tertiary/aromatic N) is 1. The van der Waals surface area contributed by atoms with Crippen molar-refractivity contribution in [1.82, 2.24) is 9.62 Å². The summed E-state index contributed by atoms with van der Waals surface area (Å²) < 4.78 is 38.6. The molecule has 1 heterocycles. The van der Waals surface area contributed by atoms with Crippen molar-refractivity contribution >= 4 is 15.9 Å². The zero-order valence-corrected chi connectivity index (χ0v) is 19.8. The second-order valence-electron chi connectivity index (χ2n) is 7.88. The second kappa shape index (κ2) is 10.8. The Morgan fingerprint density at radius 2 is 1.75 bits per heavy atom. The number of sulfonamides is 1. The maximum Gasteiger partial charge on any atom is 0.243 e. The maximum absolute atomic E-state index is 13.0. The number of aryl methyl sites for hydroxylation is 1. The molecule has 3 rings (SSSR count). The summed E-state index contributed by atoms with van der Waals surface area (Å²) in [6.07, 6.45) is 1.32. The fraction of sp³-hybridized carbons (Fsp3) is 0.458. The van der Waals surface area contributed by atoms with Gasteiger partial charge in [0.1, 0.15) is 0 Å². The van der Waals surface area contributed by atoms with Crippen LogP contribution in [0, 0.1) is 12.8 Å². The molecule has 0 bridgehead atoms. The number of piperidine rings is 1. The predicted octanol–water partition coefficient (Wildman–Crippen LogP) is 3.51. The summed E-state index contributed by atoms with van der Waals surface area (Å²) in [5.41, 5.74) is 1.90. The number of carbonyl (C=O) groups excluding carboxylic acids is 1. The van der Waals surface area contributed by atoms with Crippen molar-refractivity contribution in [1.29, 1.82) is 0 Å². The third-order valence-electron chi connectivity index (χ3n) is 5.49. The summed E-state index contributed by atoms with van der Waals surface area (Å²) in [4.78, 5) is 13.1. The molecule has 174 valence electrons. The fourth-order valence-electron chi connectivity index (χ4n) is 3.77. The lowest BCUT2D eigenvalue weighted by molar-refractivity contribution is -0.126. The van der Waals surface area contributed by atoms with Gasteiger partial charge in [-0.3, -0.25) is 4.79 Å². The van der Waals surface area contributed by atoms with Gasteiger partial charge >= 0.3 is 0 Å². The van der Waals surface area contributed by atoms with E-state index in [1.54, 1.807) is 24.3 Å². The van der Waals surface area contributed by atoms with Crippen LogP contribution in [0.25, 0.3) is 0 Å². The van der Waals surface area contributed by atoms with E-state index < -0.39 is 10.0 Å². The Balaban J connectivity index is 1.63. The fourth-order valence-corrected chi connectivity index (χ4v) is 5.30. The first-order valence-electron chi connectivity index (χ1n) is 11.1. The van der Waals surface area contributed by atoms with Gasteiger partial charge in [-0.15, -0.1) is 0 Å². The zero-order valence-electron chi connectivity index (χ0n) is 19.0. The lowest BCUT2D eigenvalue weighted by Gasteiger charge is -2.31. The molecule has 0 unspecified atom stereocenters. The van der Waals surface area contributed by atoms with Crippen LogP contribution in [0.15, 0.2) is 47.4 Å². The van der Waals surface area contributed by atoms with E-state index in [4.69, 9.17) is 9.47 Å². The van der Waals surface area contributed by atoms with E-state index >= 15 is 0 Å². The van der Waals surface area contributed by atoms with Crippen LogP contribution in [-0.2, 0) is 21.4 Å². The molecule has 32 heavy (non-hydrogen) atoms. The van der Waals surface area contributed by atoms with Crippen molar-refractivity contribution in [3.63, 3.8) is 0 Å². The van der Waals surface area contributed by atoms with Crippen molar-refractivity contribution in [2.75, 3.05) is 26.3 Å². The van der Waals surface area contributed by atoms with Crippen molar-refractivity contribution in [3.8, 4) is 11.5 Å². The summed E-state index contributed by atoms with van der Waals surface area (Å²) in [7, 11) is -3.61. The highest BCUT2D eigenvalue weighted by Gasteiger charge is 2.33. The van der Waals surface area contributed by atoms with Crippen LogP contribution in [0.2, 0.25) is 0 Å². The van der Waals surface area contributed by atoms with E-state index in [0.717, 1.165) is 11.1 Å². The van der Waals surface area contributed by atoms with Gasteiger partial charge in [0.25, 0.3) is 0 Å². The molecule has 1 aliphatic rings. The molecule has 2 aromatic rings. The van der Waals surface area contributed by atoms with Gasteiger partial charge < -0.3 is 14.8 Å². The molecule has 8 heteroatoms. The first-order chi connectivity index (χ1) is 15.3. The average Bonchev–Trinajstić information content (AvgIpc) is 2.79. The molecule has 0 saturated carbocycles. The van der Waals surface area contributed by atoms with Crippen LogP contribution in [0.4, 0.5) is 0 Å². The Morgan fingerprint density at radius 1 is 1.06 bits per heavy atom. The zero-order chi connectivity index (χ0) is 23.1. The molecule has 1 aliphatic heterocycles. The number of hydrogen-bond acceptors (Lipinski definition) is 5. The first kappa shape index (κ1) is 24.1. The van der Waals surface area contributed by atoms with Gasteiger partial charge in [-0.1, -0.05) is 23.8 Å². The molecule has 1 amide bonds. The smallest absolute Gasteiger partial charge is 0.243 e. The number of amides is 1. The molecule has 1 saturated heterocycles. The monoisotopic (exact) mass is 460 g/mol. The van der Waals surface area contributed by atoms with E-state index in [1.165, 1.54) is 4.31 Å². The second-order valence-corrected chi connectivity index (χ2v) is 9.82. The van der Waals surface area contributed by atoms with Crippen LogP contribution in [-0.4, -0.2) is 44.9 Å². The lowest BCUT2D eigenvalue weighted by atomic mass is 9.98. The number of nitrogens with one attached hydrogen (secondary N) is 1. The topological polar surface area (TPSA) is 84.9 Å². The normalized spacial score (nSPS) is 17.0. The van der Waals surface area contributed by atoms with E-state index in [-0.39, 0.29) is 23.3 Å². The Hall–Kier alpha value is -2.58. The Morgan fingerprint density at radius 3 is 2.44 bits per heavy atom. The summed E-state index contributed by atoms with van der Waals surface area (Å²) in [5, 5.41) is 2.95. The molecule has 0 aliphatic carbocycles. The van der Waals surface area contributed by atoms with Crippen LogP contribution < -0.4 is 14.8 Å². The molecule has 1 N–H and O–H groups in total. The average molecular weight is 461 g/mol. The van der Waals surface area contributed by atoms with E-state index in [2.05, 4.69) is 5.32 Å². The largest absolute Gasteiger partial charge is 0.490 e. The molecule has 0 spiro atoms. The van der Waals surface area contributed by atoms with Crippen LogP contribution in [0.3, 0.4) is 0 Å². The molecular formula is C24H32N2O5S. The van der Waals surface area contributed by atoms with Gasteiger partial charge in [0.2, 0.25) is 15.9 Å². The Bertz CT molecular complexity index is 1020. The number of carbonyl (C=O) groups is 1. The number of benzene rings is 2.